The topological polar surface area (TPSA) is 47.9 Å². The van der Waals surface area contributed by atoms with Gasteiger partial charge in [0.1, 0.15) is 6.61 Å². The molecule has 0 fully saturated rings. The second kappa shape index (κ2) is 7.68. The van der Waals surface area contributed by atoms with Crippen molar-refractivity contribution in [3.63, 3.8) is 0 Å². The first-order valence-electron chi connectivity index (χ1n) is 5.12. The third kappa shape index (κ3) is 5.36. The summed E-state index contributed by atoms with van der Waals surface area (Å²) in [5, 5.41) is 4.33. The molecule has 1 radical (unpaired) electrons. The maximum Gasteiger partial charge on any atom is 0.305 e. The van der Waals surface area contributed by atoms with Gasteiger partial charge in [-0.2, -0.15) is 0 Å². The second-order valence-corrected chi connectivity index (χ2v) is 3.60. The average Bonchev–Trinajstić information content (AvgIpc) is 2.35. The van der Waals surface area contributed by atoms with Crippen molar-refractivity contribution in [1.29, 1.82) is 0 Å². The number of halogens is 1. The van der Waals surface area contributed by atoms with Gasteiger partial charge in [0, 0.05) is 17.0 Å². The Labute approximate surface area is 105 Å². The van der Waals surface area contributed by atoms with E-state index >= 15 is 0 Å². The Balaban J connectivity index is 2.23. The van der Waals surface area contributed by atoms with Crippen LogP contribution in [-0.2, 0) is 14.4 Å². The number of nitrogens with zero attached hydrogens (tertiary/aromatic N) is 1. The lowest BCUT2D eigenvalue weighted by molar-refractivity contribution is -0.141. The van der Waals surface area contributed by atoms with Gasteiger partial charge in [-0.15, -0.1) is 0 Å². The fourth-order valence-corrected chi connectivity index (χ4v) is 1.22. The molecule has 5 heteroatoms. The molecule has 0 atom stereocenters. The zero-order chi connectivity index (χ0) is 12.5. The third-order valence-corrected chi connectivity index (χ3v) is 2.30. The number of hydrogen-bond donors (Lipinski definition) is 0. The molecule has 0 amide bonds. The monoisotopic (exact) mass is 254 g/mol. The number of carbonyl (C=O) groups is 1. The van der Waals surface area contributed by atoms with E-state index in [1.165, 1.54) is 13.3 Å². The van der Waals surface area contributed by atoms with E-state index in [4.69, 9.17) is 16.4 Å². The second-order valence-electron chi connectivity index (χ2n) is 3.20. The van der Waals surface area contributed by atoms with Gasteiger partial charge in [-0.25, -0.2) is 0 Å². The Morgan fingerprint density at radius 3 is 3.18 bits per heavy atom. The zero-order valence-electron chi connectivity index (χ0n) is 9.48. The molecule has 0 aliphatic rings. The van der Waals surface area contributed by atoms with Crippen LogP contribution < -0.4 is 0 Å². The van der Waals surface area contributed by atoms with Gasteiger partial charge in [-0.1, -0.05) is 22.8 Å². The highest BCUT2D eigenvalue weighted by atomic mass is 35.5. The molecule has 1 aromatic carbocycles. The molecule has 1 aromatic rings. The highest BCUT2D eigenvalue weighted by Crippen LogP contribution is 2.11. The smallest absolute Gasteiger partial charge is 0.305 e. The van der Waals surface area contributed by atoms with Crippen LogP contribution in [0.1, 0.15) is 18.4 Å². The summed E-state index contributed by atoms with van der Waals surface area (Å²) < 4.78 is 4.49. The minimum absolute atomic E-state index is 0.252. The maximum atomic E-state index is 10.8. The lowest BCUT2D eigenvalue weighted by atomic mass is 10.2. The van der Waals surface area contributed by atoms with Gasteiger partial charge in [-0.3, -0.25) is 4.79 Å². The number of methoxy groups -OCH3 is 1. The fourth-order valence-electron chi connectivity index (χ4n) is 1.05. The lowest BCUT2D eigenvalue weighted by Gasteiger charge is -1.99. The molecule has 0 aliphatic carbocycles. The first-order chi connectivity index (χ1) is 8.24. The highest BCUT2D eigenvalue weighted by molar-refractivity contribution is 6.33. The van der Waals surface area contributed by atoms with Crippen LogP contribution in [0.3, 0.4) is 0 Å². The van der Waals surface area contributed by atoms with Gasteiger partial charge in [0.2, 0.25) is 0 Å². The number of ether oxygens (including phenoxy) is 1. The van der Waals surface area contributed by atoms with E-state index in [1.807, 2.05) is 0 Å². The van der Waals surface area contributed by atoms with Crippen molar-refractivity contribution in [3.8, 4) is 0 Å². The zero-order valence-corrected chi connectivity index (χ0v) is 10.2. The van der Waals surface area contributed by atoms with Crippen molar-refractivity contribution in [2.45, 2.75) is 12.8 Å². The molecule has 0 aromatic heterocycles. The largest absolute Gasteiger partial charge is 0.469 e. The molecule has 0 bridgehead atoms. The molecule has 91 valence electrons. The predicted octanol–water partition coefficient (Wildman–Crippen LogP) is 2.44. The Hall–Kier alpha value is -1.55. The molecule has 0 heterocycles. The quantitative estimate of drug-likeness (QED) is 0.339. The summed E-state index contributed by atoms with van der Waals surface area (Å²) in [4.78, 5) is 15.7. The van der Waals surface area contributed by atoms with E-state index in [9.17, 15) is 4.79 Å². The first-order valence-corrected chi connectivity index (χ1v) is 5.49. The Bertz CT molecular complexity index is 393. The summed E-state index contributed by atoms with van der Waals surface area (Å²) in [5.74, 6) is -0.252. The molecule has 0 saturated carbocycles. The van der Waals surface area contributed by atoms with Crippen LogP contribution in [0.4, 0.5) is 0 Å². The SMILES string of the molecule is COC(=O)CCCON=Cc1c[c]ccc1Cl. The summed E-state index contributed by atoms with van der Waals surface area (Å²) in [7, 11) is 1.36. The van der Waals surface area contributed by atoms with Gasteiger partial charge >= 0.3 is 5.97 Å². The molecule has 4 nitrogen and oxygen atoms in total. The molecule has 17 heavy (non-hydrogen) atoms. The highest BCUT2D eigenvalue weighted by Gasteiger charge is 1.99. The minimum atomic E-state index is -0.252. The number of carbonyl (C=O) groups excluding carboxylic acids is 1. The number of benzene rings is 1. The predicted molar refractivity (Wildman–Crippen MR) is 65.1 cm³/mol. The number of esters is 1. The molecule has 0 aliphatic heterocycles. The van der Waals surface area contributed by atoms with Crippen molar-refractivity contribution in [3.05, 3.63) is 34.9 Å². The first kappa shape index (κ1) is 13.5. The number of oxime groups is 1. The summed E-state index contributed by atoms with van der Waals surface area (Å²) in [6, 6.07) is 8.04. The summed E-state index contributed by atoms with van der Waals surface area (Å²) in [6.07, 6.45) is 2.40. The Kier molecular flexibility index (Phi) is 6.10. The van der Waals surface area contributed by atoms with Gasteiger partial charge < -0.3 is 9.57 Å². The molecular formula is C12H13ClNO3. The number of hydrogen-bond acceptors (Lipinski definition) is 4. The van der Waals surface area contributed by atoms with E-state index in [1.54, 1.807) is 18.2 Å². The Morgan fingerprint density at radius 2 is 2.47 bits per heavy atom. The van der Waals surface area contributed by atoms with Crippen LogP contribution in [0, 0.1) is 6.07 Å². The summed E-state index contributed by atoms with van der Waals surface area (Å²) in [6.45, 7) is 0.361. The minimum Gasteiger partial charge on any atom is -0.469 e. The van der Waals surface area contributed by atoms with E-state index in [2.05, 4.69) is 16.0 Å². The van der Waals surface area contributed by atoms with Gasteiger partial charge in [0.15, 0.2) is 0 Å². The normalized spacial score (nSPS) is 10.5. The van der Waals surface area contributed by atoms with E-state index in [0.29, 0.717) is 24.5 Å². The van der Waals surface area contributed by atoms with Gasteiger partial charge in [0.25, 0.3) is 0 Å². The van der Waals surface area contributed by atoms with E-state index in [-0.39, 0.29) is 5.97 Å². The number of rotatable bonds is 6. The van der Waals surface area contributed by atoms with E-state index < -0.39 is 0 Å². The van der Waals surface area contributed by atoms with Gasteiger partial charge in [0.05, 0.1) is 13.3 Å². The standard InChI is InChI=1S/C12H13ClNO3/c1-16-12(15)7-4-8-17-14-9-10-5-2-3-6-11(10)13/h3,5-6,9H,4,7-8H2,1H3. The van der Waals surface area contributed by atoms with Crippen molar-refractivity contribution in [2.24, 2.45) is 5.16 Å². The van der Waals surface area contributed by atoms with Crippen LogP contribution in [0.15, 0.2) is 23.4 Å². The van der Waals surface area contributed by atoms with Crippen LogP contribution >= 0.6 is 11.6 Å². The third-order valence-electron chi connectivity index (χ3n) is 1.95. The summed E-state index contributed by atoms with van der Waals surface area (Å²) >= 11 is 5.90. The Morgan fingerprint density at radius 1 is 1.65 bits per heavy atom. The maximum absolute atomic E-state index is 10.8. The van der Waals surface area contributed by atoms with Crippen LogP contribution in [-0.4, -0.2) is 25.9 Å². The summed E-state index contributed by atoms with van der Waals surface area (Å²) in [5.41, 5.74) is 0.738. The van der Waals surface area contributed by atoms with Crippen molar-refractivity contribution in [2.75, 3.05) is 13.7 Å². The molecular weight excluding hydrogens is 242 g/mol. The molecule has 1 rings (SSSR count). The average molecular weight is 255 g/mol. The molecule has 0 spiro atoms. The van der Waals surface area contributed by atoms with Gasteiger partial charge in [-0.05, 0) is 24.6 Å². The van der Waals surface area contributed by atoms with Crippen LogP contribution in [0.2, 0.25) is 5.02 Å². The molecule has 0 N–H and O–H groups in total. The van der Waals surface area contributed by atoms with Crippen molar-refractivity contribution in [1.82, 2.24) is 0 Å². The van der Waals surface area contributed by atoms with Crippen molar-refractivity contribution >= 4 is 23.8 Å². The molecule has 0 unspecified atom stereocenters. The fraction of sp³-hybridized carbons (Fsp3) is 0.333. The van der Waals surface area contributed by atoms with E-state index in [0.717, 1.165) is 5.56 Å². The van der Waals surface area contributed by atoms with Crippen molar-refractivity contribution < 1.29 is 14.4 Å². The lowest BCUT2D eigenvalue weighted by Crippen LogP contribution is -2.01. The molecule has 0 saturated heterocycles. The van der Waals surface area contributed by atoms with Crippen LogP contribution in [0.25, 0.3) is 0 Å². The van der Waals surface area contributed by atoms with Crippen LogP contribution in [0.5, 0.6) is 0 Å².